The summed E-state index contributed by atoms with van der Waals surface area (Å²) in [6.07, 6.45) is 1.52. The van der Waals surface area contributed by atoms with E-state index >= 15 is 0 Å². The number of nitrogens with zero attached hydrogens (tertiary/aromatic N) is 3. The van der Waals surface area contributed by atoms with Gasteiger partial charge in [-0.2, -0.15) is 0 Å². The Morgan fingerprint density at radius 2 is 1.35 bits per heavy atom. The Kier molecular flexibility index (Phi) is 3.99. The van der Waals surface area contributed by atoms with E-state index in [4.69, 9.17) is 5.11 Å². The van der Waals surface area contributed by atoms with Crippen LogP contribution < -0.4 is 0 Å². The molecule has 3 saturated heterocycles. The van der Waals surface area contributed by atoms with Gasteiger partial charge in [-0.1, -0.05) is 18.2 Å². The standard InChI is InChI=1S/C12H13N3O2.C7H6O2/c16-9-7-8(13-1-2-13)12(17)11(15-5-6-15)10(9)14-3-4-14;8-7(9)6-4-2-1-3-5-6/h7H,1-6H2;1-5H,(H,8,9). The van der Waals surface area contributed by atoms with Gasteiger partial charge < -0.3 is 19.8 Å². The van der Waals surface area contributed by atoms with Crippen molar-refractivity contribution in [2.45, 2.75) is 0 Å². The summed E-state index contributed by atoms with van der Waals surface area (Å²) in [4.78, 5) is 40.7. The molecule has 5 rings (SSSR count). The Hall–Kier alpha value is -3.09. The van der Waals surface area contributed by atoms with E-state index in [2.05, 4.69) is 0 Å². The van der Waals surface area contributed by atoms with Crippen LogP contribution in [0, 0.1) is 0 Å². The molecule has 4 aliphatic rings. The lowest BCUT2D eigenvalue weighted by Gasteiger charge is -2.21. The molecule has 1 aromatic rings. The summed E-state index contributed by atoms with van der Waals surface area (Å²) in [5.41, 5.74) is 2.22. The lowest BCUT2D eigenvalue weighted by Crippen LogP contribution is -2.29. The second-order valence-corrected chi connectivity index (χ2v) is 6.55. The second-order valence-electron chi connectivity index (χ2n) is 6.55. The minimum Gasteiger partial charge on any atom is -0.478 e. The molecule has 3 aliphatic heterocycles. The molecule has 0 saturated carbocycles. The molecule has 0 amide bonds. The third-order valence-electron chi connectivity index (χ3n) is 4.51. The van der Waals surface area contributed by atoms with E-state index in [-0.39, 0.29) is 11.6 Å². The van der Waals surface area contributed by atoms with Gasteiger partial charge in [0.2, 0.25) is 11.6 Å². The van der Waals surface area contributed by atoms with Crippen molar-refractivity contribution in [3.05, 3.63) is 59.1 Å². The van der Waals surface area contributed by atoms with Gasteiger partial charge in [0, 0.05) is 45.3 Å². The van der Waals surface area contributed by atoms with Gasteiger partial charge in [-0.25, -0.2) is 4.79 Å². The Bertz CT molecular complexity index is 832. The van der Waals surface area contributed by atoms with Crippen molar-refractivity contribution in [2.75, 3.05) is 39.3 Å². The molecule has 0 atom stereocenters. The monoisotopic (exact) mass is 353 g/mol. The summed E-state index contributed by atoms with van der Waals surface area (Å²) in [6.45, 7) is 5.41. The van der Waals surface area contributed by atoms with E-state index in [9.17, 15) is 14.4 Å². The average molecular weight is 353 g/mol. The Balaban J connectivity index is 0.000000160. The molecule has 1 aliphatic carbocycles. The number of allylic oxidation sites excluding steroid dienone is 1. The Morgan fingerprint density at radius 3 is 1.81 bits per heavy atom. The number of carbonyl (C=O) groups excluding carboxylic acids is 2. The molecule has 7 nitrogen and oxygen atoms in total. The van der Waals surface area contributed by atoms with Gasteiger partial charge in [-0.3, -0.25) is 9.59 Å². The number of benzene rings is 1. The van der Waals surface area contributed by atoms with Gasteiger partial charge >= 0.3 is 5.97 Å². The molecule has 3 heterocycles. The molecule has 3 fully saturated rings. The number of aromatic carboxylic acids is 1. The van der Waals surface area contributed by atoms with Crippen molar-refractivity contribution < 1.29 is 19.5 Å². The number of carbonyl (C=O) groups is 3. The van der Waals surface area contributed by atoms with Gasteiger partial charge in [0.15, 0.2) is 0 Å². The maximum atomic E-state index is 12.4. The van der Waals surface area contributed by atoms with Crippen LogP contribution in [-0.2, 0) is 9.59 Å². The SMILES string of the molecule is O=C(O)c1ccccc1.O=C1C=C(N2CC2)C(=O)C(N2CC2)=C1N1CC1. The quantitative estimate of drug-likeness (QED) is 0.626. The topological polar surface area (TPSA) is 80.5 Å². The van der Waals surface area contributed by atoms with Gasteiger partial charge in [0.1, 0.15) is 11.4 Å². The van der Waals surface area contributed by atoms with Crippen molar-refractivity contribution in [1.82, 2.24) is 14.7 Å². The fourth-order valence-electron chi connectivity index (χ4n) is 2.86. The van der Waals surface area contributed by atoms with Crippen LogP contribution in [0.15, 0.2) is 53.5 Å². The summed E-state index contributed by atoms with van der Waals surface area (Å²) >= 11 is 0. The van der Waals surface area contributed by atoms with E-state index in [1.165, 1.54) is 6.08 Å². The van der Waals surface area contributed by atoms with Crippen LogP contribution in [0.4, 0.5) is 0 Å². The van der Waals surface area contributed by atoms with Crippen molar-refractivity contribution in [3.63, 3.8) is 0 Å². The summed E-state index contributed by atoms with van der Waals surface area (Å²) in [5.74, 6) is -0.831. The lowest BCUT2D eigenvalue weighted by atomic mass is 10.0. The molecular weight excluding hydrogens is 334 g/mol. The molecule has 0 spiro atoms. The molecule has 1 aromatic carbocycles. The number of hydrogen-bond donors (Lipinski definition) is 1. The summed E-state index contributed by atoms with van der Waals surface area (Å²) in [5, 5.41) is 8.38. The third kappa shape index (κ3) is 3.33. The summed E-state index contributed by atoms with van der Waals surface area (Å²) in [6, 6.07) is 8.30. The van der Waals surface area contributed by atoms with Crippen molar-refractivity contribution in [2.24, 2.45) is 0 Å². The fraction of sp³-hybridized carbons (Fsp3) is 0.316. The van der Waals surface area contributed by atoms with Crippen LogP contribution in [0.5, 0.6) is 0 Å². The number of ketones is 2. The highest BCUT2D eigenvalue weighted by Crippen LogP contribution is 2.33. The maximum absolute atomic E-state index is 12.4. The van der Waals surface area contributed by atoms with E-state index in [1.54, 1.807) is 30.3 Å². The number of carboxylic acid groups (broad SMARTS) is 1. The van der Waals surface area contributed by atoms with Crippen LogP contribution in [0.3, 0.4) is 0 Å². The van der Waals surface area contributed by atoms with E-state index in [0.717, 1.165) is 39.3 Å². The maximum Gasteiger partial charge on any atom is 0.335 e. The molecular formula is C19H19N3O4. The minimum absolute atomic E-state index is 0.00546. The second kappa shape index (κ2) is 6.33. The molecule has 1 N–H and O–H groups in total. The highest BCUT2D eigenvalue weighted by atomic mass is 16.4. The molecule has 0 radical (unpaired) electrons. The van der Waals surface area contributed by atoms with Crippen LogP contribution in [0.2, 0.25) is 0 Å². The first kappa shape index (κ1) is 16.4. The molecule has 7 heteroatoms. The first-order valence-corrected chi connectivity index (χ1v) is 8.64. The largest absolute Gasteiger partial charge is 0.478 e. The van der Waals surface area contributed by atoms with Crippen LogP contribution in [0.25, 0.3) is 0 Å². The fourth-order valence-corrected chi connectivity index (χ4v) is 2.86. The molecule has 0 bridgehead atoms. The van der Waals surface area contributed by atoms with Crippen molar-refractivity contribution >= 4 is 17.5 Å². The van der Waals surface area contributed by atoms with E-state index in [1.807, 2.05) is 14.7 Å². The Morgan fingerprint density at radius 1 is 0.808 bits per heavy atom. The molecule has 0 unspecified atom stereocenters. The van der Waals surface area contributed by atoms with Gasteiger partial charge in [-0.15, -0.1) is 0 Å². The van der Waals surface area contributed by atoms with E-state index < -0.39 is 5.97 Å². The zero-order chi connectivity index (χ0) is 18.3. The number of hydrogen-bond acceptors (Lipinski definition) is 6. The zero-order valence-electron chi connectivity index (χ0n) is 14.2. The molecule has 134 valence electrons. The number of carboxylic acids is 1. The summed E-state index contributed by atoms with van der Waals surface area (Å²) in [7, 11) is 0. The summed E-state index contributed by atoms with van der Waals surface area (Å²) < 4.78 is 0. The van der Waals surface area contributed by atoms with Gasteiger partial charge in [0.05, 0.1) is 11.3 Å². The predicted molar refractivity (Wildman–Crippen MR) is 93.2 cm³/mol. The van der Waals surface area contributed by atoms with Crippen LogP contribution in [-0.4, -0.2) is 76.6 Å². The molecule has 0 aromatic heterocycles. The highest BCUT2D eigenvalue weighted by Gasteiger charge is 2.43. The lowest BCUT2D eigenvalue weighted by molar-refractivity contribution is -0.117. The predicted octanol–water partition coefficient (Wildman–Crippen LogP) is 0.565. The Labute approximate surface area is 150 Å². The first-order chi connectivity index (χ1) is 12.6. The normalized spacial score (nSPS) is 20.5. The third-order valence-corrected chi connectivity index (χ3v) is 4.51. The highest BCUT2D eigenvalue weighted by molar-refractivity contribution is 6.22. The van der Waals surface area contributed by atoms with Crippen molar-refractivity contribution in [1.29, 1.82) is 0 Å². The van der Waals surface area contributed by atoms with Crippen LogP contribution in [0.1, 0.15) is 10.4 Å². The molecule has 26 heavy (non-hydrogen) atoms. The van der Waals surface area contributed by atoms with Crippen LogP contribution >= 0.6 is 0 Å². The smallest absolute Gasteiger partial charge is 0.335 e. The zero-order valence-corrected chi connectivity index (χ0v) is 14.2. The van der Waals surface area contributed by atoms with Gasteiger partial charge in [0.25, 0.3) is 0 Å². The number of rotatable bonds is 4. The average Bonchev–Trinajstić information content (AvgIpc) is 3.50. The number of Topliss-reactive ketones (excluding diaryl/α,β-unsaturated/α-hetero) is 1. The van der Waals surface area contributed by atoms with E-state index in [0.29, 0.717) is 22.7 Å². The van der Waals surface area contributed by atoms with Crippen molar-refractivity contribution in [3.8, 4) is 0 Å². The minimum atomic E-state index is -0.879. The first-order valence-electron chi connectivity index (χ1n) is 8.64. The van der Waals surface area contributed by atoms with Gasteiger partial charge in [-0.05, 0) is 12.1 Å².